The molecule has 3 heteroatoms. The van der Waals surface area contributed by atoms with Crippen LogP contribution >= 0.6 is 11.6 Å². The minimum Gasteiger partial charge on any atom is -0.282 e. The van der Waals surface area contributed by atoms with Crippen molar-refractivity contribution in [2.24, 2.45) is 0 Å². The summed E-state index contributed by atoms with van der Waals surface area (Å²) in [6.45, 7) is 4.15. The Kier molecular flexibility index (Phi) is 3.69. The van der Waals surface area contributed by atoms with Gasteiger partial charge in [0.2, 0.25) is 5.24 Å². The van der Waals surface area contributed by atoms with Gasteiger partial charge in [0.15, 0.2) is 0 Å². The van der Waals surface area contributed by atoms with Crippen molar-refractivity contribution in [1.29, 1.82) is 0 Å². The molecule has 0 aliphatic rings. The lowest BCUT2D eigenvalue weighted by Crippen LogP contribution is -2.19. The molecule has 0 unspecified atom stereocenters. The number of carbonyl (C=O) groups is 1. The van der Waals surface area contributed by atoms with Crippen molar-refractivity contribution in [3.8, 4) is 0 Å². The highest BCUT2D eigenvalue weighted by atomic mass is 35.5. The van der Waals surface area contributed by atoms with Gasteiger partial charge in [-0.2, -0.15) is 0 Å². The van der Waals surface area contributed by atoms with Crippen LogP contribution in [0.1, 0.15) is 11.1 Å². The van der Waals surface area contributed by atoms with Crippen LogP contribution in [0.15, 0.2) is 18.2 Å². The summed E-state index contributed by atoms with van der Waals surface area (Å²) in [7, 11) is 0.499. The Morgan fingerprint density at radius 1 is 1.46 bits per heavy atom. The van der Waals surface area contributed by atoms with Crippen LogP contribution in [0.25, 0.3) is 0 Å². The average Bonchev–Trinajstić information content (AvgIpc) is 2.07. The van der Waals surface area contributed by atoms with Crippen LogP contribution in [0.3, 0.4) is 0 Å². The molecule has 68 valence electrons. The maximum absolute atomic E-state index is 10.6. The lowest BCUT2D eigenvalue weighted by molar-refractivity contribution is -0.109. The average molecular weight is 211 g/mol. The van der Waals surface area contributed by atoms with Gasteiger partial charge in [-0.3, -0.25) is 4.79 Å². The van der Waals surface area contributed by atoms with E-state index in [9.17, 15) is 4.79 Å². The molecular formula is C10H11ClOSi. The van der Waals surface area contributed by atoms with E-state index in [-0.39, 0.29) is 5.24 Å². The molecule has 0 bridgehead atoms. The zero-order chi connectivity index (χ0) is 9.84. The van der Waals surface area contributed by atoms with E-state index in [4.69, 9.17) is 11.6 Å². The van der Waals surface area contributed by atoms with Gasteiger partial charge < -0.3 is 0 Å². The minimum absolute atomic E-state index is 0.251. The van der Waals surface area contributed by atoms with Crippen molar-refractivity contribution < 1.29 is 4.79 Å². The highest BCUT2D eigenvalue weighted by Crippen LogP contribution is 2.02. The molecule has 0 N–H and O–H groups in total. The molecule has 0 saturated carbocycles. The van der Waals surface area contributed by atoms with Crippen LogP contribution in [0.4, 0.5) is 0 Å². The Labute approximate surface area is 85.9 Å². The fourth-order valence-corrected chi connectivity index (χ4v) is 2.31. The molecule has 1 rings (SSSR count). The van der Waals surface area contributed by atoms with Gasteiger partial charge >= 0.3 is 0 Å². The molecule has 1 aromatic rings. The number of aryl methyl sites for hydroxylation is 1. The summed E-state index contributed by atoms with van der Waals surface area (Å²) >= 11 is 5.29. The molecule has 1 nitrogen and oxygen atoms in total. The first kappa shape index (κ1) is 10.5. The van der Waals surface area contributed by atoms with Gasteiger partial charge in [-0.1, -0.05) is 23.4 Å². The Morgan fingerprint density at radius 2 is 2.15 bits per heavy atom. The third-order valence-corrected chi connectivity index (χ3v) is 3.80. The maximum Gasteiger partial charge on any atom is 0.218 e. The molecule has 1 aromatic carbocycles. The summed E-state index contributed by atoms with van der Waals surface area (Å²) in [6, 6.07) is 6.60. The van der Waals surface area contributed by atoms with E-state index >= 15 is 0 Å². The van der Waals surface area contributed by atoms with E-state index in [0.29, 0.717) is 15.6 Å². The molecule has 0 saturated heterocycles. The summed E-state index contributed by atoms with van der Waals surface area (Å²) < 4.78 is 0. The second-order valence-electron chi connectivity index (χ2n) is 2.96. The highest BCUT2D eigenvalue weighted by molar-refractivity contribution is 6.72. The van der Waals surface area contributed by atoms with Crippen LogP contribution < -0.4 is 5.19 Å². The molecule has 0 atom stereocenters. The van der Waals surface area contributed by atoms with E-state index in [2.05, 4.69) is 26.0 Å². The fraction of sp³-hybridized carbons (Fsp3) is 0.300. The van der Waals surface area contributed by atoms with Crippen LogP contribution in [-0.4, -0.2) is 14.8 Å². The molecule has 0 amide bonds. The summed E-state index contributed by atoms with van der Waals surface area (Å²) in [5, 5.41) is 0.994. The smallest absolute Gasteiger partial charge is 0.218 e. The summed E-state index contributed by atoms with van der Waals surface area (Å²) in [6.07, 6.45) is 0. The SMILES string of the molecule is Cc1cccc([Si]CC(=O)Cl)c1C. The Balaban J connectivity index is 2.77. The fourth-order valence-electron chi connectivity index (χ4n) is 1.11. The van der Waals surface area contributed by atoms with E-state index < -0.39 is 0 Å². The molecule has 0 heterocycles. The first-order valence-corrected chi connectivity index (χ1v) is 5.68. The van der Waals surface area contributed by atoms with E-state index in [1.54, 1.807) is 0 Å². The molecule has 0 aromatic heterocycles. The summed E-state index contributed by atoms with van der Waals surface area (Å²) in [5.41, 5.74) is 2.55. The molecule has 13 heavy (non-hydrogen) atoms. The Morgan fingerprint density at radius 3 is 2.77 bits per heavy atom. The second-order valence-corrected chi connectivity index (χ2v) is 4.62. The quantitative estimate of drug-likeness (QED) is 0.550. The van der Waals surface area contributed by atoms with Gasteiger partial charge in [-0.15, -0.1) is 0 Å². The van der Waals surface area contributed by atoms with Gasteiger partial charge in [-0.25, -0.2) is 0 Å². The number of rotatable bonds is 3. The number of benzene rings is 1. The molecule has 0 spiro atoms. The van der Waals surface area contributed by atoms with Crippen molar-refractivity contribution in [2.45, 2.75) is 19.9 Å². The monoisotopic (exact) mass is 210 g/mol. The second kappa shape index (κ2) is 4.58. The first-order chi connectivity index (χ1) is 6.11. The van der Waals surface area contributed by atoms with Crippen molar-refractivity contribution in [1.82, 2.24) is 0 Å². The van der Waals surface area contributed by atoms with Crippen molar-refractivity contribution in [3.05, 3.63) is 29.3 Å². The lowest BCUT2D eigenvalue weighted by Gasteiger charge is -2.05. The predicted octanol–water partition coefficient (Wildman–Crippen LogP) is 1.82. The summed E-state index contributed by atoms with van der Waals surface area (Å²) in [5.74, 6) is 0. The normalized spacial score (nSPS) is 10.1. The van der Waals surface area contributed by atoms with Crippen molar-refractivity contribution >= 4 is 31.5 Å². The minimum atomic E-state index is -0.251. The third-order valence-electron chi connectivity index (χ3n) is 2.02. The molecule has 0 aliphatic heterocycles. The number of halogens is 1. The largest absolute Gasteiger partial charge is 0.282 e. The molecular weight excluding hydrogens is 200 g/mol. The van der Waals surface area contributed by atoms with Gasteiger partial charge in [0.1, 0.15) is 0 Å². The van der Waals surface area contributed by atoms with E-state index in [0.717, 1.165) is 0 Å². The predicted molar refractivity (Wildman–Crippen MR) is 57.0 cm³/mol. The molecule has 2 radical (unpaired) electrons. The molecule has 0 fully saturated rings. The van der Waals surface area contributed by atoms with Crippen molar-refractivity contribution in [2.75, 3.05) is 0 Å². The number of hydrogen-bond donors (Lipinski definition) is 0. The van der Waals surface area contributed by atoms with Crippen LogP contribution in [0.2, 0.25) is 6.04 Å². The van der Waals surface area contributed by atoms with E-state index in [1.165, 1.54) is 16.3 Å². The molecule has 0 aliphatic carbocycles. The summed E-state index contributed by atoms with van der Waals surface area (Å²) in [4.78, 5) is 10.6. The number of hydrogen-bond acceptors (Lipinski definition) is 1. The van der Waals surface area contributed by atoms with E-state index in [1.807, 2.05) is 6.07 Å². The van der Waals surface area contributed by atoms with Crippen LogP contribution in [-0.2, 0) is 4.79 Å². The van der Waals surface area contributed by atoms with Crippen LogP contribution in [0, 0.1) is 13.8 Å². The van der Waals surface area contributed by atoms with Gasteiger partial charge in [-0.05, 0) is 36.6 Å². The van der Waals surface area contributed by atoms with Crippen LogP contribution in [0.5, 0.6) is 0 Å². The first-order valence-electron chi connectivity index (χ1n) is 4.09. The topological polar surface area (TPSA) is 17.1 Å². The zero-order valence-electron chi connectivity index (χ0n) is 7.73. The zero-order valence-corrected chi connectivity index (χ0v) is 9.48. The Hall–Kier alpha value is -0.603. The third kappa shape index (κ3) is 2.97. The number of carbonyl (C=O) groups excluding carboxylic acids is 1. The van der Waals surface area contributed by atoms with Gasteiger partial charge in [0.25, 0.3) is 0 Å². The van der Waals surface area contributed by atoms with Gasteiger partial charge in [0, 0.05) is 6.04 Å². The maximum atomic E-state index is 10.6. The standard InChI is InChI=1S/C10H11ClOSi/c1-7-4-3-5-9(8(7)2)13-6-10(11)12/h3-5H,6H2,1-2H3. The Bertz CT molecular complexity index is 323. The van der Waals surface area contributed by atoms with Gasteiger partial charge in [0.05, 0.1) is 9.52 Å². The van der Waals surface area contributed by atoms with Crippen molar-refractivity contribution in [3.63, 3.8) is 0 Å². The lowest BCUT2D eigenvalue weighted by atomic mass is 10.1. The highest BCUT2D eigenvalue weighted by Gasteiger charge is 2.03.